The van der Waals surface area contributed by atoms with Crippen molar-refractivity contribution in [2.75, 3.05) is 18.4 Å². The third-order valence-electron chi connectivity index (χ3n) is 6.40. The highest BCUT2D eigenvalue weighted by molar-refractivity contribution is 9.10. The fourth-order valence-corrected chi connectivity index (χ4v) is 5.00. The number of hydrogen-bond donors (Lipinski definition) is 1. The standard InChI is InChI=1S/C28H24BrN5O/c29-24-11-20(16-32-17-24)12-28(35)34-8-5-25(6-9-34)33-27-14-23(13-22-4-7-31-18-26(22)27)21-3-1-2-19(10-21)15-30/h1-4,7,10-11,13-14,16-18,25,33H,5-6,8-9,12H2. The molecular weight excluding hydrogens is 502 g/mol. The van der Waals surface area contributed by atoms with Crippen molar-refractivity contribution in [3.8, 4) is 17.2 Å². The highest BCUT2D eigenvalue weighted by Gasteiger charge is 2.23. The lowest BCUT2D eigenvalue weighted by Gasteiger charge is -2.33. The Morgan fingerprint density at radius 3 is 2.71 bits per heavy atom. The largest absolute Gasteiger partial charge is 0.382 e. The molecule has 1 aliphatic heterocycles. The predicted octanol–water partition coefficient (Wildman–Crippen LogP) is 5.58. The Morgan fingerprint density at radius 1 is 1.06 bits per heavy atom. The van der Waals surface area contributed by atoms with Crippen LogP contribution in [-0.2, 0) is 11.2 Å². The quantitative estimate of drug-likeness (QED) is 0.368. The number of amides is 1. The molecule has 1 amide bonds. The molecule has 35 heavy (non-hydrogen) atoms. The summed E-state index contributed by atoms with van der Waals surface area (Å²) < 4.78 is 0.883. The van der Waals surface area contributed by atoms with E-state index in [1.165, 1.54) is 0 Å². The minimum Gasteiger partial charge on any atom is -0.382 e. The lowest BCUT2D eigenvalue weighted by molar-refractivity contribution is -0.131. The van der Waals surface area contributed by atoms with Gasteiger partial charge in [-0.15, -0.1) is 0 Å². The second-order valence-electron chi connectivity index (χ2n) is 8.80. The molecule has 2 aromatic heterocycles. The maximum atomic E-state index is 12.8. The maximum Gasteiger partial charge on any atom is 0.227 e. The van der Waals surface area contributed by atoms with E-state index in [2.05, 4.69) is 49.4 Å². The fraction of sp³-hybridized carbons (Fsp3) is 0.214. The second-order valence-corrected chi connectivity index (χ2v) is 9.72. The number of rotatable bonds is 5. The third-order valence-corrected chi connectivity index (χ3v) is 6.84. The van der Waals surface area contributed by atoms with Gasteiger partial charge in [0.15, 0.2) is 0 Å². The zero-order chi connectivity index (χ0) is 24.2. The molecule has 0 radical (unpaired) electrons. The van der Waals surface area contributed by atoms with E-state index < -0.39 is 0 Å². The Balaban J connectivity index is 1.31. The van der Waals surface area contributed by atoms with Crippen molar-refractivity contribution in [1.29, 1.82) is 5.26 Å². The number of nitriles is 1. The molecule has 0 aliphatic carbocycles. The molecule has 1 saturated heterocycles. The first-order valence-electron chi connectivity index (χ1n) is 11.6. The van der Waals surface area contributed by atoms with Gasteiger partial charge in [-0.05, 0) is 87.2 Å². The molecule has 0 bridgehead atoms. The van der Waals surface area contributed by atoms with Crippen molar-refractivity contribution in [2.24, 2.45) is 0 Å². The van der Waals surface area contributed by atoms with Crippen LogP contribution in [0, 0.1) is 11.3 Å². The van der Waals surface area contributed by atoms with Gasteiger partial charge in [0.25, 0.3) is 0 Å². The molecule has 1 aliphatic rings. The second kappa shape index (κ2) is 10.2. The van der Waals surface area contributed by atoms with Gasteiger partial charge in [-0.25, -0.2) is 0 Å². The zero-order valence-corrected chi connectivity index (χ0v) is 20.7. The molecule has 5 rings (SSSR count). The number of halogens is 1. The van der Waals surface area contributed by atoms with Crippen molar-refractivity contribution in [3.63, 3.8) is 0 Å². The highest BCUT2D eigenvalue weighted by atomic mass is 79.9. The Labute approximate surface area is 212 Å². The van der Waals surface area contributed by atoms with Gasteiger partial charge in [0.2, 0.25) is 5.91 Å². The van der Waals surface area contributed by atoms with E-state index in [-0.39, 0.29) is 11.9 Å². The molecule has 1 N–H and O–H groups in total. The summed E-state index contributed by atoms with van der Waals surface area (Å²) in [5, 5.41) is 15.2. The van der Waals surface area contributed by atoms with Crippen LogP contribution < -0.4 is 5.32 Å². The lowest BCUT2D eigenvalue weighted by atomic mass is 9.98. The number of benzene rings is 2. The summed E-state index contributed by atoms with van der Waals surface area (Å²) >= 11 is 3.42. The van der Waals surface area contributed by atoms with Crippen LogP contribution >= 0.6 is 15.9 Å². The van der Waals surface area contributed by atoms with Crippen LogP contribution in [0.1, 0.15) is 24.0 Å². The Morgan fingerprint density at radius 2 is 1.91 bits per heavy atom. The number of aromatic nitrogens is 2. The van der Waals surface area contributed by atoms with Crippen LogP contribution in [0.3, 0.4) is 0 Å². The smallest absolute Gasteiger partial charge is 0.227 e. The van der Waals surface area contributed by atoms with E-state index in [1.54, 1.807) is 18.6 Å². The van der Waals surface area contributed by atoms with E-state index in [4.69, 9.17) is 0 Å². The number of nitrogens with zero attached hydrogens (tertiary/aromatic N) is 4. The molecule has 174 valence electrons. The van der Waals surface area contributed by atoms with Crippen molar-refractivity contribution in [2.45, 2.75) is 25.3 Å². The van der Waals surface area contributed by atoms with Crippen molar-refractivity contribution in [3.05, 3.63) is 88.9 Å². The van der Waals surface area contributed by atoms with E-state index >= 15 is 0 Å². The number of nitrogens with one attached hydrogen (secondary N) is 1. The topological polar surface area (TPSA) is 81.9 Å². The van der Waals surface area contributed by atoms with E-state index in [1.807, 2.05) is 47.5 Å². The number of pyridine rings is 2. The Kier molecular flexibility index (Phi) is 6.73. The normalized spacial score (nSPS) is 14.0. The molecular formula is C28H24BrN5O. The van der Waals surface area contributed by atoms with Gasteiger partial charge in [-0.2, -0.15) is 5.26 Å². The molecule has 0 atom stereocenters. The van der Waals surface area contributed by atoms with Crippen LogP contribution in [0.2, 0.25) is 0 Å². The molecule has 0 saturated carbocycles. The van der Waals surface area contributed by atoms with Gasteiger partial charge in [0, 0.05) is 59.5 Å². The number of fused-ring (bicyclic) bond motifs is 1. The first-order valence-corrected chi connectivity index (χ1v) is 12.4. The first-order chi connectivity index (χ1) is 17.1. The minimum atomic E-state index is 0.136. The third kappa shape index (κ3) is 5.33. The van der Waals surface area contributed by atoms with Crippen LogP contribution in [0.15, 0.2) is 77.8 Å². The van der Waals surface area contributed by atoms with Gasteiger partial charge in [0.1, 0.15) is 0 Å². The van der Waals surface area contributed by atoms with Gasteiger partial charge in [-0.3, -0.25) is 14.8 Å². The molecule has 0 unspecified atom stereocenters. The molecule has 4 aromatic rings. The number of piperidine rings is 1. The van der Waals surface area contributed by atoms with Gasteiger partial charge >= 0.3 is 0 Å². The monoisotopic (exact) mass is 525 g/mol. The van der Waals surface area contributed by atoms with Gasteiger partial charge in [-0.1, -0.05) is 12.1 Å². The van der Waals surface area contributed by atoms with Gasteiger partial charge < -0.3 is 10.2 Å². The maximum absolute atomic E-state index is 12.8. The average Bonchev–Trinajstić information content (AvgIpc) is 2.89. The molecule has 3 heterocycles. The predicted molar refractivity (Wildman–Crippen MR) is 141 cm³/mol. The number of carbonyl (C=O) groups excluding carboxylic acids is 1. The zero-order valence-electron chi connectivity index (χ0n) is 19.1. The van der Waals surface area contributed by atoms with Crippen LogP contribution in [-0.4, -0.2) is 39.9 Å². The Bertz CT molecular complexity index is 1420. The van der Waals surface area contributed by atoms with Gasteiger partial charge in [0.05, 0.1) is 18.1 Å². The Hall–Kier alpha value is -3.76. The average molecular weight is 526 g/mol. The van der Waals surface area contributed by atoms with E-state index in [0.717, 1.165) is 63.6 Å². The molecule has 1 fully saturated rings. The molecule has 7 heteroatoms. The first kappa shape index (κ1) is 23.0. The number of carbonyl (C=O) groups is 1. The number of hydrogen-bond acceptors (Lipinski definition) is 5. The summed E-state index contributed by atoms with van der Waals surface area (Å²) in [6.45, 7) is 1.44. The van der Waals surface area contributed by atoms with Crippen LogP contribution in [0.5, 0.6) is 0 Å². The number of likely N-dealkylation sites (tertiary alicyclic amines) is 1. The molecule has 0 spiro atoms. The fourth-order valence-electron chi connectivity index (χ4n) is 4.59. The van der Waals surface area contributed by atoms with Crippen LogP contribution in [0.4, 0.5) is 5.69 Å². The minimum absolute atomic E-state index is 0.136. The lowest BCUT2D eigenvalue weighted by Crippen LogP contribution is -2.43. The SMILES string of the molecule is N#Cc1cccc(-c2cc(NC3CCN(C(=O)Cc4cncc(Br)c4)CC3)c3cnccc3c2)c1. The summed E-state index contributed by atoms with van der Waals surface area (Å²) in [7, 11) is 0. The van der Waals surface area contributed by atoms with E-state index in [0.29, 0.717) is 12.0 Å². The summed E-state index contributed by atoms with van der Waals surface area (Å²) in [4.78, 5) is 23.2. The van der Waals surface area contributed by atoms with E-state index in [9.17, 15) is 10.1 Å². The van der Waals surface area contributed by atoms with Crippen LogP contribution in [0.25, 0.3) is 21.9 Å². The molecule has 6 nitrogen and oxygen atoms in total. The number of anilines is 1. The molecule has 2 aromatic carbocycles. The summed E-state index contributed by atoms with van der Waals surface area (Å²) in [6, 6.07) is 18.4. The van der Waals surface area contributed by atoms with Crippen molar-refractivity contribution < 1.29 is 4.79 Å². The highest BCUT2D eigenvalue weighted by Crippen LogP contribution is 2.32. The van der Waals surface area contributed by atoms with Crippen molar-refractivity contribution in [1.82, 2.24) is 14.9 Å². The summed E-state index contributed by atoms with van der Waals surface area (Å²) in [5.74, 6) is 0.136. The summed E-state index contributed by atoms with van der Waals surface area (Å²) in [5.41, 5.74) is 4.65. The summed E-state index contributed by atoms with van der Waals surface area (Å²) in [6.07, 6.45) is 9.26. The van der Waals surface area contributed by atoms with Crippen molar-refractivity contribution >= 4 is 38.3 Å².